The lowest BCUT2D eigenvalue weighted by Crippen LogP contribution is -2.65. The Balaban J connectivity index is 1.53. The van der Waals surface area contributed by atoms with Crippen molar-refractivity contribution >= 4 is 0 Å². The SMILES string of the molecule is Cn1nnc(CN2CC(C3CC3)NCC23CCCCC3)n1. The van der Waals surface area contributed by atoms with Crippen LogP contribution in [0.15, 0.2) is 0 Å². The molecule has 1 N–H and O–H groups in total. The van der Waals surface area contributed by atoms with E-state index in [4.69, 9.17) is 0 Å². The van der Waals surface area contributed by atoms with Gasteiger partial charge in [0.15, 0.2) is 5.82 Å². The number of hydrogen-bond acceptors (Lipinski definition) is 5. The summed E-state index contributed by atoms with van der Waals surface area (Å²) < 4.78 is 0. The van der Waals surface area contributed by atoms with Gasteiger partial charge < -0.3 is 5.32 Å². The molecule has 2 heterocycles. The van der Waals surface area contributed by atoms with Gasteiger partial charge in [-0.15, -0.1) is 10.2 Å². The number of aryl methyl sites for hydroxylation is 1. The summed E-state index contributed by atoms with van der Waals surface area (Å²) in [6.07, 6.45) is 9.56. The van der Waals surface area contributed by atoms with Gasteiger partial charge in [0, 0.05) is 24.7 Å². The molecule has 116 valence electrons. The molecule has 0 bridgehead atoms. The van der Waals surface area contributed by atoms with E-state index < -0.39 is 0 Å². The minimum atomic E-state index is 0.336. The van der Waals surface area contributed by atoms with Crippen LogP contribution >= 0.6 is 0 Å². The summed E-state index contributed by atoms with van der Waals surface area (Å²) in [5.41, 5.74) is 0.336. The summed E-state index contributed by atoms with van der Waals surface area (Å²) >= 11 is 0. The van der Waals surface area contributed by atoms with Crippen LogP contribution in [0, 0.1) is 5.92 Å². The summed E-state index contributed by atoms with van der Waals surface area (Å²) in [7, 11) is 1.84. The zero-order valence-electron chi connectivity index (χ0n) is 13.0. The number of nitrogens with zero attached hydrogens (tertiary/aromatic N) is 5. The molecule has 1 aromatic rings. The van der Waals surface area contributed by atoms with E-state index in [0.29, 0.717) is 11.6 Å². The van der Waals surface area contributed by atoms with Crippen LogP contribution in [0.5, 0.6) is 0 Å². The van der Waals surface area contributed by atoms with E-state index in [-0.39, 0.29) is 0 Å². The third-order valence-corrected chi connectivity index (χ3v) is 5.64. The van der Waals surface area contributed by atoms with Gasteiger partial charge >= 0.3 is 0 Å². The Labute approximate surface area is 126 Å². The lowest BCUT2D eigenvalue weighted by atomic mass is 9.78. The highest BCUT2D eigenvalue weighted by molar-refractivity contribution is 5.04. The van der Waals surface area contributed by atoms with Crippen molar-refractivity contribution in [3.63, 3.8) is 0 Å². The molecule has 4 rings (SSSR count). The molecule has 0 radical (unpaired) electrons. The predicted octanol–water partition coefficient (Wildman–Crippen LogP) is 1.10. The molecule has 2 aliphatic carbocycles. The third-order valence-electron chi connectivity index (χ3n) is 5.64. The molecule has 0 aromatic carbocycles. The van der Waals surface area contributed by atoms with Crippen LogP contribution < -0.4 is 5.32 Å². The molecule has 1 atom stereocenters. The topological polar surface area (TPSA) is 58.9 Å². The van der Waals surface area contributed by atoms with Crippen molar-refractivity contribution in [2.75, 3.05) is 13.1 Å². The maximum absolute atomic E-state index is 4.40. The van der Waals surface area contributed by atoms with E-state index in [1.807, 2.05) is 7.05 Å². The summed E-state index contributed by atoms with van der Waals surface area (Å²) in [5.74, 6) is 1.78. The van der Waals surface area contributed by atoms with Crippen LogP contribution in [0.25, 0.3) is 0 Å². The Morgan fingerprint density at radius 3 is 2.71 bits per heavy atom. The maximum Gasteiger partial charge on any atom is 0.188 e. The number of rotatable bonds is 3. The molecule has 1 aromatic heterocycles. The molecule has 1 unspecified atom stereocenters. The lowest BCUT2D eigenvalue weighted by molar-refractivity contribution is -0.00209. The predicted molar refractivity (Wildman–Crippen MR) is 79.5 cm³/mol. The second kappa shape index (κ2) is 5.32. The molecular weight excluding hydrogens is 264 g/mol. The van der Waals surface area contributed by atoms with Crippen molar-refractivity contribution in [1.29, 1.82) is 0 Å². The first-order chi connectivity index (χ1) is 10.3. The fourth-order valence-corrected chi connectivity index (χ4v) is 4.24. The smallest absolute Gasteiger partial charge is 0.188 e. The molecule has 2 saturated carbocycles. The largest absolute Gasteiger partial charge is 0.311 e. The van der Waals surface area contributed by atoms with Gasteiger partial charge in [0.2, 0.25) is 0 Å². The molecule has 1 spiro atoms. The highest BCUT2D eigenvalue weighted by Gasteiger charge is 2.45. The Kier molecular flexibility index (Phi) is 3.46. The van der Waals surface area contributed by atoms with Gasteiger partial charge in [0.05, 0.1) is 13.6 Å². The Hall–Kier alpha value is -1.01. The Morgan fingerprint density at radius 2 is 2.05 bits per heavy atom. The first kappa shape index (κ1) is 13.6. The average molecular weight is 290 g/mol. The van der Waals surface area contributed by atoms with Crippen molar-refractivity contribution < 1.29 is 0 Å². The second-order valence-electron chi connectivity index (χ2n) is 7.19. The maximum atomic E-state index is 4.40. The van der Waals surface area contributed by atoms with E-state index in [1.54, 1.807) is 4.80 Å². The van der Waals surface area contributed by atoms with Crippen molar-refractivity contribution in [2.24, 2.45) is 13.0 Å². The van der Waals surface area contributed by atoms with Crippen LogP contribution in [0.4, 0.5) is 0 Å². The highest BCUT2D eigenvalue weighted by Crippen LogP contribution is 2.40. The zero-order valence-corrected chi connectivity index (χ0v) is 13.0. The van der Waals surface area contributed by atoms with E-state index in [0.717, 1.165) is 31.4 Å². The number of piperazine rings is 1. The van der Waals surface area contributed by atoms with Crippen molar-refractivity contribution in [2.45, 2.75) is 63.1 Å². The minimum Gasteiger partial charge on any atom is -0.311 e. The van der Waals surface area contributed by atoms with Gasteiger partial charge in [-0.3, -0.25) is 4.90 Å². The summed E-state index contributed by atoms with van der Waals surface area (Å²) in [6.45, 7) is 3.16. The molecule has 6 nitrogen and oxygen atoms in total. The van der Waals surface area contributed by atoms with Gasteiger partial charge in [-0.2, -0.15) is 4.80 Å². The number of aromatic nitrogens is 4. The van der Waals surface area contributed by atoms with Gasteiger partial charge in [-0.1, -0.05) is 19.3 Å². The van der Waals surface area contributed by atoms with Crippen molar-refractivity contribution in [1.82, 2.24) is 30.4 Å². The quantitative estimate of drug-likeness (QED) is 0.903. The van der Waals surface area contributed by atoms with Gasteiger partial charge in [-0.05, 0) is 36.8 Å². The molecule has 6 heteroatoms. The summed E-state index contributed by atoms with van der Waals surface area (Å²) in [6, 6.07) is 0.675. The normalized spacial score (nSPS) is 29.9. The lowest BCUT2D eigenvalue weighted by Gasteiger charge is -2.52. The molecule has 1 saturated heterocycles. The number of tetrazole rings is 1. The first-order valence-electron chi connectivity index (χ1n) is 8.47. The van der Waals surface area contributed by atoms with Crippen LogP contribution in [-0.2, 0) is 13.6 Å². The zero-order chi connectivity index (χ0) is 14.3. The third kappa shape index (κ3) is 2.71. The number of nitrogens with one attached hydrogen (secondary N) is 1. The number of hydrogen-bond donors (Lipinski definition) is 1. The molecular formula is C15H26N6. The Bertz CT molecular complexity index is 488. The van der Waals surface area contributed by atoms with E-state index >= 15 is 0 Å². The molecule has 3 aliphatic rings. The fourth-order valence-electron chi connectivity index (χ4n) is 4.24. The summed E-state index contributed by atoms with van der Waals surface area (Å²) in [4.78, 5) is 4.26. The van der Waals surface area contributed by atoms with E-state index in [9.17, 15) is 0 Å². The monoisotopic (exact) mass is 290 g/mol. The van der Waals surface area contributed by atoms with Crippen LogP contribution in [0.3, 0.4) is 0 Å². The highest BCUT2D eigenvalue weighted by atomic mass is 15.6. The molecule has 0 amide bonds. The van der Waals surface area contributed by atoms with E-state index in [2.05, 4.69) is 25.6 Å². The van der Waals surface area contributed by atoms with Crippen molar-refractivity contribution in [3.8, 4) is 0 Å². The first-order valence-corrected chi connectivity index (χ1v) is 8.47. The van der Waals surface area contributed by atoms with Crippen LogP contribution in [0.2, 0.25) is 0 Å². The molecule has 21 heavy (non-hydrogen) atoms. The van der Waals surface area contributed by atoms with Gasteiger partial charge in [-0.25, -0.2) is 0 Å². The second-order valence-corrected chi connectivity index (χ2v) is 7.19. The van der Waals surface area contributed by atoms with Gasteiger partial charge in [0.25, 0.3) is 0 Å². The van der Waals surface area contributed by atoms with Crippen molar-refractivity contribution in [3.05, 3.63) is 5.82 Å². The molecule has 1 aliphatic heterocycles. The van der Waals surface area contributed by atoms with Gasteiger partial charge in [0.1, 0.15) is 0 Å². The minimum absolute atomic E-state index is 0.336. The van der Waals surface area contributed by atoms with E-state index in [1.165, 1.54) is 44.9 Å². The Morgan fingerprint density at radius 1 is 1.24 bits per heavy atom. The molecule has 3 fully saturated rings. The standard InChI is InChI=1S/C15H26N6/c1-20-18-14(17-19-20)10-21-9-13(12-5-6-12)16-11-15(21)7-3-2-4-8-15/h12-13,16H,2-11H2,1H3. The fraction of sp³-hybridized carbons (Fsp3) is 0.933. The summed E-state index contributed by atoms with van der Waals surface area (Å²) in [5, 5.41) is 16.5. The average Bonchev–Trinajstić information content (AvgIpc) is 3.26. The van der Waals surface area contributed by atoms with Crippen LogP contribution in [0.1, 0.15) is 50.8 Å². The van der Waals surface area contributed by atoms with Crippen LogP contribution in [-0.4, -0.2) is 49.8 Å².